The van der Waals surface area contributed by atoms with Gasteiger partial charge in [-0.1, -0.05) is 6.92 Å². The lowest BCUT2D eigenvalue weighted by Crippen LogP contribution is -2.42. The van der Waals surface area contributed by atoms with Crippen molar-refractivity contribution in [3.05, 3.63) is 33.9 Å². The van der Waals surface area contributed by atoms with Crippen molar-refractivity contribution in [3.8, 4) is 5.75 Å². The Bertz CT molecular complexity index is 590. The average Bonchev–Trinajstić information content (AvgIpc) is 2.48. The first-order chi connectivity index (χ1) is 10.9. The fraction of sp³-hybridized carbons (Fsp3) is 0.562. The van der Waals surface area contributed by atoms with Crippen LogP contribution in [0.4, 0.5) is 5.69 Å². The number of rotatable bonds is 6. The molecule has 0 saturated carbocycles. The van der Waals surface area contributed by atoms with Gasteiger partial charge in [-0.2, -0.15) is 0 Å². The molecule has 1 saturated heterocycles. The Morgan fingerprint density at radius 3 is 2.83 bits per heavy atom. The molecule has 1 aromatic rings. The lowest BCUT2D eigenvalue weighted by atomic mass is 9.90. The number of ether oxygens (including phenoxy) is 1. The van der Waals surface area contributed by atoms with Crippen molar-refractivity contribution in [2.24, 2.45) is 11.8 Å². The number of benzene rings is 1. The van der Waals surface area contributed by atoms with Crippen LogP contribution in [0.1, 0.15) is 25.8 Å². The second-order valence-corrected chi connectivity index (χ2v) is 6.05. The molecular weight excluding hydrogens is 300 g/mol. The van der Waals surface area contributed by atoms with E-state index in [1.54, 1.807) is 6.07 Å². The lowest BCUT2D eigenvalue weighted by molar-refractivity contribution is -0.385. The number of likely N-dealkylation sites (tertiary alicyclic amines) is 1. The van der Waals surface area contributed by atoms with E-state index in [4.69, 9.17) is 4.74 Å². The Morgan fingerprint density at radius 1 is 1.48 bits per heavy atom. The van der Waals surface area contributed by atoms with E-state index in [0.29, 0.717) is 31.9 Å². The van der Waals surface area contributed by atoms with Crippen molar-refractivity contribution in [1.82, 2.24) is 4.90 Å². The van der Waals surface area contributed by atoms with Gasteiger partial charge in [0.1, 0.15) is 5.75 Å². The van der Waals surface area contributed by atoms with E-state index in [9.17, 15) is 20.0 Å². The predicted octanol–water partition coefficient (Wildman–Crippen LogP) is 2.54. The van der Waals surface area contributed by atoms with Crippen molar-refractivity contribution < 1.29 is 19.6 Å². The summed E-state index contributed by atoms with van der Waals surface area (Å²) in [6, 6.07) is 4.55. The molecule has 0 amide bonds. The third-order valence-electron chi connectivity index (χ3n) is 4.03. The number of nitro benzene ring substituents is 1. The van der Waals surface area contributed by atoms with E-state index in [1.165, 1.54) is 12.1 Å². The number of hydrogen-bond donors (Lipinski definition) is 1. The largest absolute Gasteiger partial charge is 0.494 e. The van der Waals surface area contributed by atoms with Crippen LogP contribution in [0.3, 0.4) is 0 Å². The maximum atomic E-state index is 11.3. The second-order valence-electron chi connectivity index (χ2n) is 6.05. The molecule has 0 spiro atoms. The molecule has 0 aliphatic carbocycles. The van der Waals surface area contributed by atoms with Gasteiger partial charge in [-0.3, -0.25) is 19.8 Å². The van der Waals surface area contributed by atoms with Crippen molar-refractivity contribution in [2.75, 3.05) is 19.7 Å². The number of carbonyl (C=O) groups is 1. The zero-order chi connectivity index (χ0) is 17.0. The van der Waals surface area contributed by atoms with E-state index in [1.807, 2.05) is 18.7 Å². The summed E-state index contributed by atoms with van der Waals surface area (Å²) in [6.07, 6.45) is 0.666. The average molecular weight is 322 g/mol. The van der Waals surface area contributed by atoms with E-state index in [0.717, 1.165) is 12.1 Å². The Kier molecular flexibility index (Phi) is 5.54. The van der Waals surface area contributed by atoms with Crippen molar-refractivity contribution >= 4 is 11.7 Å². The molecule has 2 unspecified atom stereocenters. The molecule has 1 aromatic carbocycles. The van der Waals surface area contributed by atoms with Crippen LogP contribution in [0.25, 0.3) is 0 Å². The molecule has 1 aliphatic heterocycles. The summed E-state index contributed by atoms with van der Waals surface area (Å²) in [5.74, 6) is -0.291. The Balaban J connectivity index is 2.21. The summed E-state index contributed by atoms with van der Waals surface area (Å²) < 4.78 is 5.55. The Labute approximate surface area is 135 Å². The normalized spacial score (nSPS) is 21.8. The second kappa shape index (κ2) is 7.41. The van der Waals surface area contributed by atoms with Crippen molar-refractivity contribution in [3.63, 3.8) is 0 Å². The van der Waals surface area contributed by atoms with Gasteiger partial charge in [0.25, 0.3) is 5.69 Å². The van der Waals surface area contributed by atoms with Gasteiger partial charge in [0.05, 0.1) is 17.4 Å². The Hall–Kier alpha value is -2.15. The maximum absolute atomic E-state index is 11.3. The van der Waals surface area contributed by atoms with Crippen LogP contribution >= 0.6 is 0 Å². The van der Waals surface area contributed by atoms with Crippen LogP contribution in [0.15, 0.2) is 18.2 Å². The number of carboxylic acids is 1. The monoisotopic (exact) mass is 322 g/mol. The molecule has 7 nitrogen and oxygen atoms in total. The van der Waals surface area contributed by atoms with Gasteiger partial charge in [-0.05, 0) is 25.3 Å². The third kappa shape index (κ3) is 4.41. The van der Waals surface area contributed by atoms with Crippen LogP contribution < -0.4 is 4.74 Å². The topological polar surface area (TPSA) is 92.9 Å². The quantitative estimate of drug-likeness (QED) is 0.639. The summed E-state index contributed by atoms with van der Waals surface area (Å²) in [6.45, 7) is 6.03. The first kappa shape index (κ1) is 17.2. The van der Waals surface area contributed by atoms with Gasteiger partial charge >= 0.3 is 5.97 Å². The zero-order valence-corrected chi connectivity index (χ0v) is 13.4. The molecule has 1 aliphatic rings. The minimum atomic E-state index is -0.786. The van der Waals surface area contributed by atoms with Crippen LogP contribution in [-0.4, -0.2) is 40.6 Å². The Morgan fingerprint density at radius 2 is 2.22 bits per heavy atom. The summed E-state index contributed by atoms with van der Waals surface area (Å²) in [5, 5.41) is 20.2. The molecule has 7 heteroatoms. The van der Waals surface area contributed by atoms with E-state index < -0.39 is 16.8 Å². The molecular formula is C16H22N2O5. The highest BCUT2D eigenvalue weighted by molar-refractivity contribution is 5.70. The van der Waals surface area contributed by atoms with Gasteiger partial charge in [0.2, 0.25) is 0 Å². The van der Waals surface area contributed by atoms with Gasteiger partial charge in [0.15, 0.2) is 0 Å². The molecule has 2 rings (SSSR count). The number of non-ortho nitro benzene ring substituents is 1. The fourth-order valence-electron chi connectivity index (χ4n) is 3.11. The van der Waals surface area contributed by atoms with E-state index >= 15 is 0 Å². The minimum absolute atomic E-state index is 0.0169. The standard InChI is InChI=1S/C16H22N2O5/c1-3-23-15-5-4-14(18(21)22)7-12(15)9-17-8-11(2)6-13(10-17)16(19)20/h4-5,7,11,13H,3,6,8-10H2,1-2H3,(H,19,20). The summed E-state index contributed by atoms with van der Waals surface area (Å²) in [7, 11) is 0. The van der Waals surface area contributed by atoms with E-state index in [2.05, 4.69) is 0 Å². The fourth-order valence-corrected chi connectivity index (χ4v) is 3.11. The smallest absolute Gasteiger partial charge is 0.307 e. The third-order valence-corrected chi connectivity index (χ3v) is 4.03. The van der Waals surface area contributed by atoms with Gasteiger partial charge in [-0.25, -0.2) is 0 Å². The first-order valence-electron chi connectivity index (χ1n) is 7.76. The number of piperidine rings is 1. The highest BCUT2D eigenvalue weighted by Gasteiger charge is 2.30. The summed E-state index contributed by atoms with van der Waals surface area (Å²) in [4.78, 5) is 23.9. The molecule has 0 aromatic heterocycles. The first-order valence-corrected chi connectivity index (χ1v) is 7.76. The minimum Gasteiger partial charge on any atom is -0.494 e. The molecule has 23 heavy (non-hydrogen) atoms. The molecule has 2 atom stereocenters. The van der Waals surface area contributed by atoms with Crippen LogP contribution in [0.5, 0.6) is 5.75 Å². The molecule has 1 N–H and O–H groups in total. The SMILES string of the molecule is CCOc1ccc([N+](=O)[O-])cc1CN1CC(C)CC(C(=O)O)C1. The van der Waals surface area contributed by atoms with Gasteiger partial charge in [-0.15, -0.1) is 0 Å². The van der Waals surface area contributed by atoms with Crippen LogP contribution in [0, 0.1) is 22.0 Å². The van der Waals surface area contributed by atoms with Gasteiger partial charge < -0.3 is 9.84 Å². The summed E-state index contributed by atoms with van der Waals surface area (Å²) in [5.41, 5.74) is 0.739. The number of nitro groups is 1. The molecule has 0 bridgehead atoms. The van der Waals surface area contributed by atoms with Gasteiger partial charge in [0, 0.05) is 37.3 Å². The van der Waals surface area contributed by atoms with E-state index in [-0.39, 0.29) is 11.6 Å². The van der Waals surface area contributed by atoms with Crippen molar-refractivity contribution in [1.29, 1.82) is 0 Å². The number of aliphatic carboxylic acids is 1. The van der Waals surface area contributed by atoms with Crippen molar-refractivity contribution in [2.45, 2.75) is 26.8 Å². The number of hydrogen-bond acceptors (Lipinski definition) is 5. The molecule has 1 fully saturated rings. The highest BCUT2D eigenvalue weighted by atomic mass is 16.6. The number of nitrogens with zero attached hydrogens (tertiary/aromatic N) is 2. The van der Waals surface area contributed by atoms with Crippen LogP contribution in [0.2, 0.25) is 0 Å². The molecule has 1 heterocycles. The zero-order valence-electron chi connectivity index (χ0n) is 13.4. The molecule has 0 radical (unpaired) electrons. The lowest BCUT2D eigenvalue weighted by Gasteiger charge is -2.34. The van der Waals surface area contributed by atoms with Crippen LogP contribution in [-0.2, 0) is 11.3 Å². The molecule has 126 valence electrons. The number of carboxylic acid groups (broad SMARTS) is 1. The predicted molar refractivity (Wildman–Crippen MR) is 84.4 cm³/mol. The summed E-state index contributed by atoms with van der Waals surface area (Å²) >= 11 is 0. The highest BCUT2D eigenvalue weighted by Crippen LogP contribution is 2.29. The maximum Gasteiger partial charge on any atom is 0.307 e.